The van der Waals surface area contributed by atoms with Gasteiger partial charge in [-0.1, -0.05) is 26.3 Å². The third-order valence-electron chi connectivity index (χ3n) is 3.03. The number of hydrogen-bond acceptors (Lipinski definition) is 13. The molecule has 0 bridgehead atoms. The lowest BCUT2D eigenvalue weighted by molar-refractivity contribution is -0.139. The number of esters is 4. The Morgan fingerprint density at radius 3 is 1.71 bits per heavy atom. The van der Waals surface area contributed by atoms with Crippen molar-refractivity contribution >= 4 is 36.1 Å². The number of carbonyl (C=O) groups is 5. The van der Waals surface area contributed by atoms with Crippen LogP contribution in [0.15, 0.2) is 54.6 Å². The quantitative estimate of drug-likeness (QED) is 0.0736. The molecule has 1 amide bonds. The molecule has 0 atom stereocenters. The van der Waals surface area contributed by atoms with E-state index in [-0.39, 0.29) is 58.3 Å². The van der Waals surface area contributed by atoms with Crippen molar-refractivity contribution in [3.8, 4) is 0 Å². The fraction of sp³-hybridized carbons (Fsp3) is 0.417. The Hall–Kier alpha value is -4.55. The van der Waals surface area contributed by atoms with Gasteiger partial charge in [0.1, 0.15) is 33.0 Å². The van der Waals surface area contributed by atoms with E-state index in [1.807, 2.05) is 0 Å². The summed E-state index contributed by atoms with van der Waals surface area (Å²) in [5, 5.41) is 10.4. The molecule has 0 aromatic heterocycles. The van der Waals surface area contributed by atoms with Crippen LogP contribution in [0.3, 0.4) is 0 Å². The zero-order chi connectivity index (χ0) is 29.8. The van der Waals surface area contributed by atoms with Crippen LogP contribution in [0.5, 0.6) is 0 Å². The fourth-order valence-corrected chi connectivity index (χ4v) is 1.36. The lowest BCUT2D eigenvalue weighted by Crippen LogP contribution is -2.29. The second-order valence-corrected chi connectivity index (χ2v) is 6.34. The largest absolute Gasteiger partial charge is 0.460 e. The average Bonchev–Trinajstić information content (AvgIpc) is 2.90. The molecule has 0 aliphatic rings. The van der Waals surface area contributed by atoms with Crippen molar-refractivity contribution < 1.29 is 57.6 Å². The van der Waals surface area contributed by atoms with Crippen LogP contribution >= 0.6 is 0 Å². The van der Waals surface area contributed by atoms with E-state index < -0.39 is 30.0 Å². The van der Waals surface area contributed by atoms with E-state index in [1.54, 1.807) is 6.92 Å². The molecule has 0 aliphatic heterocycles. The van der Waals surface area contributed by atoms with Gasteiger partial charge in [0.2, 0.25) is 6.08 Å². The molecule has 0 aromatic rings. The predicted octanol–water partition coefficient (Wildman–Crippen LogP) is 0.711. The van der Waals surface area contributed by atoms with E-state index in [1.165, 1.54) is 13.0 Å². The summed E-state index contributed by atoms with van der Waals surface area (Å²) in [6.07, 6.45) is 2.70. The molecule has 0 heterocycles. The maximum Gasteiger partial charge on any atom is 0.407 e. The van der Waals surface area contributed by atoms with Crippen molar-refractivity contribution in [2.24, 2.45) is 4.99 Å². The van der Waals surface area contributed by atoms with Gasteiger partial charge in [-0.15, -0.1) is 0 Å². The van der Waals surface area contributed by atoms with Crippen molar-refractivity contribution in [3.05, 3.63) is 49.6 Å². The van der Waals surface area contributed by atoms with E-state index in [9.17, 15) is 28.8 Å². The lowest BCUT2D eigenvalue weighted by atomic mass is 10.4. The Bertz CT molecular complexity index is 860. The van der Waals surface area contributed by atoms with Gasteiger partial charge in [0.05, 0.1) is 19.7 Å². The number of nitrogens with zero attached hydrogens (tertiary/aromatic N) is 1. The van der Waals surface area contributed by atoms with Crippen LogP contribution < -0.4 is 5.32 Å². The number of isocyanates is 1. The number of nitrogens with one attached hydrogen (secondary N) is 1. The molecule has 0 radical (unpaired) electrons. The van der Waals surface area contributed by atoms with E-state index >= 15 is 0 Å². The van der Waals surface area contributed by atoms with Crippen molar-refractivity contribution in [2.45, 2.75) is 13.8 Å². The highest BCUT2D eigenvalue weighted by molar-refractivity contribution is 5.87. The molecule has 0 saturated heterocycles. The molecule has 0 fully saturated rings. The Morgan fingerprint density at radius 1 is 0.789 bits per heavy atom. The highest BCUT2D eigenvalue weighted by atomic mass is 16.6. The normalized spacial score (nSPS) is 8.61. The molecular weight excluding hydrogens is 508 g/mol. The van der Waals surface area contributed by atoms with Gasteiger partial charge >= 0.3 is 30.0 Å². The van der Waals surface area contributed by atoms with Gasteiger partial charge < -0.3 is 34.1 Å². The summed E-state index contributed by atoms with van der Waals surface area (Å²) in [7, 11) is 0. The Kier molecular flexibility index (Phi) is 27.0. The molecule has 212 valence electrons. The monoisotopic (exact) mass is 542 g/mol. The van der Waals surface area contributed by atoms with E-state index in [0.29, 0.717) is 5.57 Å². The van der Waals surface area contributed by atoms with Gasteiger partial charge in [-0.25, -0.2) is 33.8 Å². The van der Waals surface area contributed by atoms with Crippen molar-refractivity contribution in [3.63, 3.8) is 0 Å². The van der Waals surface area contributed by atoms with Gasteiger partial charge in [0, 0.05) is 23.3 Å². The van der Waals surface area contributed by atoms with Crippen LogP contribution in [0.4, 0.5) is 4.79 Å². The van der Waals surface area contributed by atoms with Crippen LogP contribution in [0.1, 0.15) is 13.8 Å². The summed E-state index contributed by atoms with van der Waals surface area (Å²) in [5.74, 6) is -2.08. The molecule has 0 aliphatic carbocycles. The van der Waals surface area contributed by atoms with Crippen LogP contribution in [0.25, 0.3) is 0 Å². The minimum Gasteiger partial charge on any atom is -0.460 e. The van der Waals surface area contributed by atoms with Gasteiger partial charge in [-0.3, -0.25) is 0 Å². The van der Waals surface area contributed by atoms with Crippen molar-refractivity contribution in [1.29, 1.82) is 0 Å². The number of aliphatic imine (C=N–C) groups is 1. The zero-order valence-corrected chi connectivity index (χ0v) is 21.5. The van der Waals surface area contributed by atoms with Crippen LogP contribution in [0.2, 0.25) is 0 Å². The molecule has 0 unspecified atom stereocenters. The first-order valence-electron chi connectivity index (χ1n) is 10.7. The summed E-state index contributed by atoms with van der Waals surface area (Å²) >= 11 is 0. The second-order valence-electron chi connectivity index (χ2n) is 6.34. The maximum absolute atomic E-state index is 11.1. The number of hydrogen-bond donors (Lipinski definition) is 2. The summed E-state index contributed by atoms with van der Waals surface area (Å²) in [6, 6.07) is 0. The number of alkyl carbamates (subject to hydrolysis) is 1. The Balaban J connectivity index is -0.000000543. The summed E-state index contributed by atoms with van der Waals surface area (Å²) in [6.45, 7) is 16.4. The highest BCUT2D eigenvalue weighted by Gasteiger charge is 2.05. The minimum absolute atomic E-state index is 0.0201. The molecule has 38 heavy (non-hydrogen) atoms. The van der Waals surface area contributed by atoms with Gasteiger partial charge in [0.15, 0.2) is 0 Å². The van der Waals surface area contributed by atoms with Crippen LogP contribution in [0, 0.1) is 0 Å². The molecule has 0 saturated carbocycles. The van der Waals surface area contributed by atoms with Crippen LogP contribution in [-0.4, -0.2) is 93.9 Å². The standard InChI is InChI=1S/C12H17NO6.C7H9NO3.C5H8O3/c1-4-10(14)17-7-8-19-12(16)13-5-6-18-11(15)9(2)3;1-6(2)7(10)11-4-3-8-5-9;1-2-5(7)8-4-3-6/h4H,1-2,5-8H2,3H3,(H,13,16);1,3-4H2,2H3;2,6H,1,3-4H2. The van der Waals surface area contributed by atoms with Gasteiger partial charge in [0.25, 0.3) is 0 Å². The number of rotatable bonds is 15. The number of aliphatic hydroxyl groups is 1. The van der Waals surface area contributed by atoms with E-state index in [4.69, 9.17) is 9.84 Å². The number of amides is 1. The van der Waals surface area contributed by atoms with Gasteiger partial charge in [-0.05, 0) is 13.8 Å². The smallest absolute Gasteiger partial charge is 0.407 e. The second kappa shape index (κ2) is 27.0. The third-order valence-corrected chi connectivity index (χ3v) is 3.03. The zero-order valence-electron chi connectivity index (χ0n) is 21.5. The fourth-order valence-electron chi connectivity index (χ4n) is 1.36. The van der Waals surface area contributed by atoms with Crippen LogP contribution in [-0.2, 0) is 47.7 Å². The minimum atomic E-state index is -0.693. The van der Waals surface area contributed by atoms with Crippen molar-refractivity contribution in [2.75, 3.05) is 52.7 Å². The van der Waals surface area contributed by atoms with Crippen molar-refractivity contribution in [1.82, 2.24) is 5.32 Å². The maximum atomic E-state index is 11.1. The molecular formula is C24H34N2O12. The average molecular weight is 543 g/mol. The Labute approximate surface area is 220 Å². The topological polar surface area (TPSA) is 193 Å². The molecule has 2 N–H and O–H groups in total. The predicted molar refractivity (Wildman–Crippen MR) is 133 cm³/mol. The molecule has 14 nitrogen and oxygen atoms in total. The van der Waals surface area contributed by atoms with Gasteiger partial charge in [-0.2, -0.15) is 0 Å². The summed E-state index contributed by atoms with van der Waals surface area (Å²) < 4.78 is 22.9. The van der Waals surface area contributed by atoms with E-state index in [0.717, 1.165) is 12.2 Å². The highest BCUT2D eigenvalue weighted by Crippen LogP contribution is 1.91. The summed E-state index contributed by atoms with van der Waals surface area (Å²) in [5.41, 5.74) is 0.617. The number of ether oxygens (including phenoxy) is 5. The first kappa shape index (κ1) is 38.0. The molecule has 14 heteroatoms. The number of carbonyl (C=O) groups excluding carboxylic acids is 6. The summed E-state index contributed by atoms with van der Waals surface area (Å²) in [4.78, 5) is 66.2. The third kappa shape index (κ3) is 29.5. The first-order valence-corrected chi connectivity index (χ1v) is 10.7. The molecule has 0 spiro atoms. The number of aliphatic hydroxyl groups excluding tert-OH is 1. The molecule has 0 aromatic carbocycles. The molecule has 0 rings (SSSR count). The van der Waals surface area contributed by atoms with E-state index in [2.05, 4.69) is 55.6 Å². The lowest BCUT2D eigenvalue weighted by Gasteiger charge is -2.07. The SMILES string of the molecule is C=C(C)C(=O)OCCN=C=O.C=CC(=O)OCCO.C=CC(=O)OCCOC(=O)NCCOC(=O)C(=C)C. The first-order chi connectivity index (χ1) is 18.0. The Morgan fingerprint density at radius 2 is 1.26 bits per heavy atom.